The number of rotatable bonds is 6. The number of ether oxygens (including phenoxy) is 1. The third-order valence-corrected chi connectivity index (χ3v) is 3.06. The van der Waals surface area contributed by atoms with Crippen LogP contribution >= 0.6 is 0 Å². The number of hydrogen-bond acceptors (Lipinski definition) is 3. The van der Waals surface area contributed by atoms with Crippen LogP contribution in [0.3, 0.4) is 0 Å². The molecule has 0 unspecified atom stereocenters. The van der Waals surface area contributed by atoms with Crippen molar-refractivity contribution in [1.82, 2.24) is 5.32 Å². The quantitative estimate of drug-likeness (QED) is 0.772. The number of carbonyl (C=O) groups is 1. The molecule has 0 aliphatic carbocycles. The third-order valence-electron chi connectivity index (χ3n) is 3.06. The predicted molar refractivity (Wildman–Crippen MR) is 76.6 cm³/mol. The zero-order valence-corrected chi connectivity index (χ0v) is 11.7. The van der Waals surface area contributed by atoms with Gasteiger partial charge in [-0.3, -0.25) is 4.79 Å². The van der Waals surface area contributed by atoms with Gasteiger partial charge in [0.05, 0.1) is 6.61 Å². The lowest BCUT2D eigenvalue weighted by Gasteiger charge is -2.09. The van der Waals surface area contributed by atoms with E-state index in [0.717, 1.165) is 25.3 Å². The van der Waals surface area contributed by atoms with E-state index < -0.39 is 0 Å². The zero-order valence-electron chi connectivity index (χ0n) is 11.7. The smallest absolute Gasteiger partial charge is 0.251 e. The summed E-state index contributed by atoms with van der Waals surface area (Å²) in [5.41, 5.74) is 3.08. The highest BCUT2D eigenvalue weighted by atomic mass is 16.5. The van der Waals surface area contributed by atoms with Gasteiger partial charge in [-0.05, 0) is 30.0 Å². The molecule has 1 aliphatic rings. The molecule has 1 amide bonds. The summed E-state index contributed by atoms with van der Waals surface area (Å²) in [5, 5.41) is 6.15. The van der Waals surface area contributed by atoms with Crippen LogP contribution in [0.1, 0.15) is 29.8 Å². The molecule has 2 rings (SSSR count). The van der Waals surface area contributed by atoms with E-state index in [2.05, 4.69) is 24.5 Å². The topological polar surface area (TPSA) is 50.4 Å². The van der Waals surface area contributed by atoms with Crippen LogP contribution in [-0.2, 0) is 11.2 Å². The fourth-order valence-electron chi connectivity index (χ4n) is 2.09. The van der Waals surface area contributed by atoms with Crippen LogP contribution in [0.2, 0.25) is 0 Å². The molecule has 0 atom stereocenters. The van der Waals surface area contributed by atoms with Gasteiger partial charge < -0.3 is 15.4 Å². The molecule has 19 heavy (non-hydrogen) atoms. The molecule has 0 spiro atoms. The number of amides is 1. The van der Waals surface area contributed by atoms with E-state index in [1.807, 2.05) is 18.2 Å². The second kappa shape index (κ2) is 6.57. The molecule has 0 radical (unpaired) electrons. The lowest BCUT2D eigenvalue weighted by molar-refractivity contribution is 0.0886. The predicted octanol–water partition coefficient (Wildman–Crippen LogP) is 2.06. The van der Waals surface area contributed by atoms with Gasteiger partial charge in [0.2, 0.25) is 0 Å². The van der Waals surface area contributed by atoms with E-state index in [1.165, 1.54) is 5.56 Å². The number of benzene rings is 1. The number of anilines is 1. The normalized spacial score (nSPS) is 13.2. The molecule has 4 heteroatoms. The molecular weight excluding hydrogens is 240 g/mol. The highest BCUT2D eigenvalue weighted by Crippen LogP contribution is 2.22. The van der Waals surface area contributed by atoms with Crippen molar-refractivity contribution in [3.05, 3.63) is 29.3 Å². The summed E-state index contributed by atoms with van der Waals surface area (Å²) in [6, 6.07) is 5.84. The van der Waals surface area contributed by atoms with Gasteiger partial charge in [-0.25, -0.2) is 0 Å². The summed E-state index contributed by atoms with van der Waals surface area (Å²) >= 11 is 0. The Morgan fingerprint density at radius 3 is 3.11 bits per heavy atom. The van der Waals surface area contributed by atoms with Crippen molar-refractivity contribution >= 4 is 11.6 Å². The van der Waals surface area contributed by atoms with E-state index in [9.17, 15) is 4.79 Å². The molecule has 104 valence electrons. The van der Waals surface area contributed by atoms with Gasteiger partial charge in [0.15, 0.2) is 0 Å². The molecule has 0 aromatic heterocycles. The van der Waals surface area contributed by atoms with E-state index in [4.69, 9.17) is 4.74 Å². The van der Waals surface area contributed by atoms with Crippen LogP contribution < -0.4 is 10.6 Å². The van der Waals surface area contributed by atoms with Crippen molar-refractivity contribution in [2.75, 3.05) is 31.6 Å². The Kier molecular flexibility index (Phi) is 4.80. The number of carbonyl (C=O) groups excluding carboxylic acids is 1. The van der Waals surface area contributed by atoms with Gasteiger partial charge in [0.25, 0.3) is 5.91 Å². The summed E-state index contributed by atoms with van der Waals surface area (Å²) in [6.45, 7) is 7.03. The fourth-order valence-corrected chi connectivity index (χ4v) is 2.09. The maximum absolute atomic E-state index is 11.9. The van der Waals surface area contributed by atoms with E-state index in [1.54, 1.807) is 0 Å². The van der Waals surface area contributed by atoms with Crippen LogP contribution in [0.25, 0.3) is 0 Å². The number of fused-ring (bicyclic) bond motifs is 1. The van der Waals surface area contributed by atoms with Crippen LogP contribution in [0.15, 0.2) is 18.2 Å². The van der Waals surface area contributed by atoms with Crippen molar-refractivity contribution < 1.29 is 9.53 Å². The fraction of sp³-hybridized carbons (Fsp3) is 0.533. The largest absolute Gasteiger partial charge is 0.384 e. The average molecular weight is 262 g/mol. The van der Waals surface area contributed by atoms with Crippen LogP contribution in [0.4, 0.5) is 5.69 Å². The average Bonchev–Trinajstić information content (AvgIpc) is 2.84. The molecule has 2 N–H and O–H groups in total. The van der Waals surface area contributed by atoms with Crippen molar-refractivity contribution in [3.63, 3.8) is 0 Å². The standard InChI is InChI=1S/C15H22N2O2/c1-11(2)10-19-8-7-17-15(18)13-4-3-12-5-6-16-14(12)9-13/h3-4,9,11,16H,5-8,10H2,1-2H3,(H,17,18). The SMILES string of the molecule is CC(C)COCCNC(=O)c1ccc2c(c1)NCC2. The van der Waals surface area contributed by atoms with Crippen LogP contribution in [0, 0.1) is 5.92 Å². The Labute approximate surface area is 114 Å². The summed E-state index contributed by atoms with van der Waals surface area (Å²) in [5.74, 6) is 0.489. The molecule has 0 bridgehead atoms. The summed E-state index contributed by atoms with van der Waals surface area (Å²) in [7, 11) is 0. The molecule has 4 nitrogen and oxygen atoms in total. The van der Waals surface area contributed by atoms with Crippen molar-refractivity contribution in [1.29, 1.82) is 0 Å². The second-order valence-electron chi connectivity index (χ2n) is 5.27. The summed E-state index contributed by atoms with van der Waals surface area (Å²) in [4.78, 5) is 11.9. The molecule has 0 saturated carbocycles. The second-order valence-corrected chi connectivity index (χ2v) is 5.27. The van der Waals surface area contributed by atoms with Gasteiger partial charge in [-0.15, -0.1) is 0 Å². The highest BCUT2D eigenvalue weighted by Gasteiger charge is 2.12. The Hall–Kier alpha value is -1.55. The van der Waals surface area contributed by atoms with E-state index >= 15 is 0 Å². The Morgan fingerprint density at radius 2 is 2.32 bits per heavy atom. The molecule has 1 aromatic rings. The first-order valence-corrected chi connectivity index (χ1v) is 6.89. The Bertz CT molecular complexity index is 444. The zero-order chi connectivity index (χ0) is 13.7. The van der Waals surface area contributed by atoms with Crippen LogP contribution in [-0.4, -0.2) is 32.2 Å². The summed E-state index contributed by atoms with van der Waals surface area (Å²) in [6.07, 6.45) is 1.04. The first-order valence-electron chi connectivity index (χ1n) is 6.89. The molecule has 0 fully saturated rings. The van der Waals surface area contributed by atoms with E-state index in [0.29, 0.717) is 24.6 Å². The minimum absolute atomic E-state index is 0.0374. The third kappa shape index (κ3) is 3.96. The van der Waals surface area contributed by atoms with Crippen molar-refractivity contribution in [2.24, 2.45) is 5.92 Å². The van der Waals surface area contributed by atoms with Crippen molar-refractivity contribution in [2.45, 2.75) is 20.3 Å². The maximum atomic E-state index is 11.9. The number of nitrogens with one attached hydrogen (secondary N) is 2. The monoisotopic (exact) mass is 262 g/mol. The van der Waals surface area contributed by atoms with Gasteiger partial charge in [-0.1, -0.05) is 19.9 Å². The maximum Gasteiger partial charge on any atom is 0.251 e. The Balaban J connectivity index is 1.77. The van der Waals surface area contributed by atoms with Crippen molar-refractivity contribution in [3.8, 4) is 0 Å². The van der Waals surface area contributed by atoms with Crippen LogP contribution in [0.5, 0.6) is 0 Å². The number of hydrogen-bond donors (Lipinski definition) is 2. The highest BCUT2D eigenvalue weighted by molar-refractivity contribution is 5.95. The Morgan fingerprint density at radius 1 is 1.47 bits per heavy atom. The molecule has 1 heterocycles. The minimum Gasteiger partial charge on any atom is -0.384 e. The van der Waals surface area contributed by atoms with E-state index in [-0.39, 0.29) is 5.91 Å². The summed E-state index contributed by atoms with van der Waals surface area (Å²) < 4.78 is 5.43. The van der Waals surface area contributed by atoms with Gasteiger partial charge in [0, 0.05) is 30.9 Å². The lowest BCUT2D eigenvalue weighted by Crippen LogP contribution is -2.27. The first kappa shape index (κ1) is 13.9. The molecule has 1 aliphatic heterocycles. The van der Waals surface area contributed by atoms with Gasteiger partial charge in [-0.2, -0.15) is 0 Å². The molecular formula is C15H22N2O2. The molecule has 1 aromatic carbocycles. The van der Waals surface area contributed by atoms with Gasteiger partial charge >= 0.3 is 0 Å². The lowest BCUT2D eigenvalue weighted by atomic mass is 10.1. The van der Waals surface area contributed by atoms with Gasteiger partial charge in [0.1, 0.15) is 0 Å². The minimum atomic E-state index is -0.0374. The first-order chi connectivity index (χ1) is 9.16. The molecule has 0 saturated heterocycles.